The lowest BCUT2D eigenvalue weighted by Gasteiger charge is -2.24. The summed E-state index contributed by atoms with van der Waals surface area (Å²) in [6.45, 7) is 6.67. The Kier molecular flexibility index (Phi) is 3.91. The summed E-state index contributed by atoms with van der Waals surface area (Å²) in [5.74, 6) is 0.787. The number of nitrogens with zero attached hydrogens (tertiary/aromatic N) is 4. The molecule has 7 heteroatoms. The molecule has 0 spiro atoms. The first-order chi connectivity index (χ1) is 10.7. The van der Waals surface area contributed by atoms with Crippen LogP contribution in [-0.4, -0.2) is 31.1 Å². The predicted octanol–water partition coefficient (Wildman–Crippen LogP) is 3.50. The zero-order valence-corrected chi connectivity index (χ0v) is 15.2. The van der Waals surface area contributed by atoms with Gasteiger partial charge in [0.05, 0.1) is 12.7 Å². The highest BCUT2D eigenvalue weighted by Gasteiger charge is 2.28. The first kappa shape index (κ1) is 16.0. The van der Waals surface area contributed by atoms with Crippen molar-refractivity contribution in [2.24, 2.45) is 7.05 Å². The minimum atomic E-state index is -0.492. The summed E-state index contributed by atoms with van der Waals surface area (Å²) in [6.07, 6.45) is 3.27. The van der Waals surface area contributed by atoms with Gasteiger partial charge in [-0.25, -0.2) is 9.78 Å². The van der Waals surface area contributed by atoms with Gasteiger partial charge in [0, 0.05) is 19.8 Å². The molecule has 0 aromatic carbocycles. The van der Waals surface area contributed by atoms with E-state index in [0.717, 1.165) is 27.2 Å². The van der Waals surface area contributed by atoms with Crippen molar-refractivity contribution >= 4 is 22.0 Å². The van der Waals surface area contributed by atoms with E-state index in [-0.39, 0.29) is 6.09 Å². The van der Waals surface area contributed by atoms with Gasteiger partial charge in [-0.15, -0.1) is 0 Å². The van der Waals surface area contributed by atoms with Gasteiger partial charge in [-0.05, 0) is 53.9 Å². The molecular weight excluding hydrogens is 360 g/mol. The first-order valence-corrected chi connectivity index (χ1v) is 8.17. The molecular formula is C16H19BrN4O2. The average Bonchev–Trinajstić information content (AvgIpc) is 3.01. The maximum Gasteiger partial charge on any atom is 0.410 e. The Morgan fingerprint density at radius 2 is 1.91 bits per heavy atom. The fraction of sp³-hybridized carbons (Fsp3) is 0.438. The Labute approximate surface area is 143 Å². The third-order valence-electron chi connectivity index (χ3n) is 3.62. The summed E-state index contributed by atoms with van der Waals surface area (Å²) in [4.78, 5) is 22.7. The third-order valence-corrected chi connectivity index (χ3v) is 4.35. The van der Waals surface area contributed by atoms with Crippen LogP contribution in [0.5, 0.6) is 0 Å². The summed E-state index contributed by atoms with van der Waals surface area (Å²) in [7, 11) is 1.92. The molecule has 6 nitrogen and oxygen atoms in total. The van der Waals surface area contributed by atoms with Crippen molar-refractivity contribution in [1.82, 2.24) is 19.4 Å². The lowest BCUT2D eigenvalue weighted by molar-refractivity contribution is 0.0242. The maximum atomic E-state index is 12.2. The molecule has 0 aliphatic carbocycles. The fourth-order valence-corrected chi connectivity index (χ4v) is 2.76. The van der Waals surface area contributed by atoms with Gasteiger partial charge in [0.15, 0.2) is 5.82 Å². The van der Waals surface area contributed by atoms with Gasteiger partial charge in [-0.1, -0.05) is 0 Å². The molecule has 0 fully saturated rings. The molecule has 3 heterocycles. The van der Waals surface area contributed by atoms with Crippen molar-refractivity contribution in [2.75, 3.05) is 0 Å². The molecule has 122 valence electrons. The molecule has 0 bridgehead atoms. The number of fused-ring (bicyclic) bond motifs is 1. The Morgan fingerprint density at radius 1 is 1.22 bits per heavy atom. The van der Waals surface area contributed by atoms with Crippen molar-refractivity contribution in [2.45, 2.75) is 39.5 Å². The van der Waals surface area contributed by atoms with E-state index in [0.29, 0.717) is 13.1 Å². The van der Waals surface area contributed by atoms with Gasteiger partial charge in [0.25, 0.3) is 0 Å². The summed E-state index contributed by atoms with van der Waals surface area (Å²) >= 11 is 3.44. The van der Waals surface area contributed by atoms with Crippen LogP contribution in [0.25, 0.3) is 11.5 Å². The highest BCUT2D eigenvalue weighted by atomic mass is 79.9. The summed E-state index contributed by atoms with van der Waals surface area (Å²) in [5, 5.41) is 0. The molecule has 23 heavy (non-hydrogen) atoms. The second-order valence-electron chi connectivity index (χ2n) is 6.64. The van der Waals surface area contributed by atoms with Gasteiger partial charge >= 0.3 is 6.09 Å². The summed E-state index contributed by atoms with van der Waals surface area (Å²) in [6, 6.07) is 1.99. The van der Waals surface area contributed by atoms with E-state index in [1.807, 2.05) is 44.6 Å². The van der Waals surface area contributed by atoms with Gasteiger partial charge in [-0.2, -0.15) is 0 Å². The van der Waals surface area contributed by atoms with Crippen LogP contribution in [0.1, 0.15) is 31.9 Å². The lowest BCUT2D eigenvalue weighted by Crippen LogP contribution is -2.33. The van der Waals surface area contributed by atoms with E-state index >= 15 is 0 Å². The SMILES string of the molecule is Cn1c(Br)cnc1-c1cc2c(cn1)CN(C(=O)OC(C)(C)C)C2. The lowest BCUT2D eigenvalue weighted by atomic mass is 10.1. The number of ether oxygens (including phenoxy) is 1. The van der Waals surface area contributed by atoms with Crippen LogP contribution >= 0.6 is 15.9 Å². The van der Waals surface area contributed by atoms with Crippen LogP contribution in [0.2, 0.25) is 0 Å². The van der Waals surface area contributed by atoms with Crippen LogP contribution < -0.4 is 0 Å². The molecule has 0 N–H and O–H groups in total. The first-order valence-electron chi connectivity index (χ1n) is 7.38. The number of rotatable bonds is 1. The number of carbonyl (C=O) groups is 1. The molecule has 0 unspecified atom stereocenters. The van der Waals surface area contributed by atoms with Crippen molar-refractivity contribution in [3.8, 4) is 11.5 Å². The third kappa shape index (κ3) is 3.24. The second kappa shape index (κ2) is 5.63. The molecule has 0 radical (unpaired) electrons. The summed E-state index contributed by atoms with van der Waals surface area (Å²) in [5.41, 5.74) is 2.44. The van der Waals surface area contributed by atoms with Crippen LogP contribution in [0, 0.1) is 0 Å². The number of carbonyl (C=O) groups excluding carboxylic acids is 1. The van der Waals surface area contributed by atoms with Crippen molar-refractivity contribution in [3.63, 3.8) is 0 Å². The highest BCUT2D eigenvalue weighted by molar-refractivity contribution is 9.10. The number of hydrogen-bond acceptors (Lipinski definition) is 4. The van der Waals surface area contributed by atoms with E-state index in [1.165, 1.54) is 0 Å². The topological polar surface area (TPSA) is 60.2 Å². The number of aromatic nitrogens is 3. The standard InChI is InChI=1S/C16H19BrN4O2/c1-16(2,3)23-15(22)21-8-10-5-12(18-6-11(10)9-21)14-19-7-13(17)20(14)4/h5-7H,8-9H2,1-4H3. The number of halogens is 1. The van der Waals surface area contributed by atoms with Crippen molar-refractivity contribution < 1.29 is 9.53 Å². The van der Waals surface area contributed by atoms with E-state index in [9.17, 15) is 4.79 Å². The Balaban J connectivity index is 1.81. The van der Waals surface area contributed by atoms with Crippen LogP contribution in [-0.2, 0) is 24.9 Å². The van der Waals surface area contributed by atoms with Crippen LogP contribution in [0.3, 0.4) is 0 Å². The zero-order chi connectivity index (χ0) is 16.8. The maximum absolute atomic E-state index is 12.2. The molecule has 0 atom stereocenters. The quantitative estimate of drug-likeness (QED) is 0.761. The number of imidazole rings is 1. The minimum absolute atomic E-state index is 0.296. The fourth-order valence-electron chi connectivity index (χ4n) is 2.49. The van der Waals surface area contributed by atoms with E-state index < -0.39 is 5.60 Å². The molecule has 0 saturated heterocycles. The van der Waals surface area contributed by atoms with Crippen molar-refractivity contribution in [3.05, 3.63) is 34.2 Å². The Morgan fingerprint density at radius 3 is 2.52 bits per heavy atom. The zero-order valence-electron chi connectivity index (χ0n) is 13.6. The second-order valence-corrected chi connectivity index (χ2v) is 7.45. The van der Waals surface area contributed by atoms with E-state index in [2.05, 4.69) is 25.9 Å². The predicted molar refractivity (Wildman–Crippen MR) is 89.6 cm³/mol. The number of hydrogen-bond donors (Lipinski definition) is 0. The summed E-state index contributed by atoms with van der Waals surface area (Å²) < 4.78 is 8.25. The average molecular weight is 379 g/mol. The molecule has 3 rings (SSSR count). The number of amides is 1. The van der Waals surface area contributed by atoms with Gasteiger partial charge in [0.2, 0.25) is 0 Å². The molecule has 2 aromatic rings. The monoisotopic (exact) mass is 378 g/mol. The highest BCUT2D eigenvalue weighted by Crippen LogP contribution is 2.28. The van der Waals surface area contributed by atoms with Gasteiger partial charge in [-0.3, -0.25) is 9.88 Å². The van der Waals surface area contributed by atoms with Gasteiger partial charge < -0.3 is 9.30 Å². The van der Waals surface area contributed by atoms with E-state index in [1.54, 1.807) is 11.1 Å². The smallest absolute Gasteiger partial charge is 0.410 e. The molecule has 1 amide bonds. The Bertz CT molecular complexity index is 764. The molecule has 0 saturated carbocycles. The van der Waals surface area contributed by atoms with E-state index in [4.69, 9.17) is 4.74 Å². The molecule has 2 aromatic heterocycles. The molecule has 1 aliphatic heterocycles. The largest absolute Gasteiger partial charge is 0.444 e. The van der Waals surface area contributed by atoms with Crippen LogP contribution in [0.4, 0.5) is 4.79 Å². The van der Waals surface area contributed by atoms with Crippen molar-refractivity contribution in [1.29, 1.82) is 0 Å². The minimum Gasteiger partial charge on any atom is -0.444 e. The van der Waals surface area contributed by atoms with Gasteiger partial charge in [0.1, 0.15) is 15.9 Å². The van der Waals surface area contributed by atoms with Crippen LogP contribution in [0.15, 0.2) is 23.1 Å². The normalized spacial score (nSPS) is 14.0. The Hall–Kier alpha value is -1.89. The molecule has 1 aliphatic rings. The number of pyridine rings is 1.